The number of fused-ring (bicyclic) bond motifs is 2. The topological polar surface area (TPSA) is 99.6 Å². The van der Waals surface area contributed by atoms with E-state index in [9.17, 15) is 19.5 Å². The first-order chi connectivity index (χ1) is 18.9. The highest BCUT2D eigenvalue weighted by Gasteiger charge is 2.67. The molecule has 2 aromatic carbocycles. The van der Waals surface area contributed by atoms with Crippen molar-refractivity contribution >= 4 is 29.0 Å². The van der Waals surface area contributed by atoms with E-state index in [2.05, 4.69) is 4.90 Å². The summed E-state index contributed by atoms with van der Waals surface area (Å²) < 4.78 is 11.0. The second-order valence-electron chi connectivity index (χ2n) is 9.96. The molecule has 2 amide bonds. The zero-order valence-electron chi connectivity index (χ0n) is 22.5. The number of benzene rings is 2. The van der Waals surface area contributed by atoms with E-state index in [0.29, 0.717) is 68.6 Å². The summed E-state index contributed by atoms with van der Waals surface area (Å²) in [5, 5.41) is 11.6. The molecule has 0 radical (unpaired) electrons. The Morgan fingerprint density at radius 3 is 2.38 bits per heavy atom. The zero-order chi connectivity index (χ0) is 27.6. The van der Waals surface area contributed by atoms with Gasteiger partial charge in [0.1, 0.15) is 11.5 Å². The van der Waals surface area contributed by atoms with Gasteiger partial charge in [0.05, 0.1) is 31.1 Å². The molecule has 2 fully saturated rings. The molecule has 1 atom stereocenters. The Morgan fingerprint density at radius 1 is 0.974 bits per heavy atom. The summed E-state index contributed by atoms with van der Waals surface area (Å²) in [6.07, 6.45) is 1.63. The van der Waals surface area contributed by atoms with Gasteiger partial charge in [0.2, 0.25) is 0 Å². The molecule has 1 unspecified atom stereocenters. The fourth-order valence-electron chi connectivity index (χ4n) is 5.79. The third-order valence-corrected chi connectivity index (χ3v) is 7.73. The number of aliphatic hydroxyl groups is 1. The summed E-state index contributed by atoms with van der Waals surface area (Å²) in [4.78, 5) is 47.2. The normalized spacial score (nSPS) is 22.7. The van der Waals surface area contributed by atoms with Gasteiger partial charge in [-0.2, -0.15) is 0 Å². The molecule has 5 rings (SSSR count). The molecule has 0 saturated carbocycles. The highest BCUT2D eigenvalue weighted by atomic mass is 16.5. The van der Waals surface area contributed by atoms with Gasteiger partial charge in [-0.15, -0.1) is 0 Å². The van der Waals surface area contributed by atoms with Crippen molar-refractivity contribution in [2.45, 2.75) is 32.2 Å². The average molecular weight is 534 g/mol. The summed E-state index contributed by atoms with van der Waals surface area (Å²) in [5.41, 5.74) is -0.393. The van der Waals surface area contributed by atoms with Crippen LogP contribution in [0.15, 0.2) is 54.1 Å². The molecule has 206 valence electrons. The number of hydrogen-bond acceptors (Lipinski definition) is 7. The van der Waals surface area contributed by atoms with Gasteiger partial charge in [-0.25, -0.2) is 0 Å². The van der Waals surface area contributed by atoms with Crippen LogP contribution in [0.5, 0.6) is 5.75 Å². The third-order valence-electron chi connectivity index (χ3n) is 7.73. The van der Waals surface area contributed by atoms with E-state index in [0.717, 1.165) is 12.8 Å². The first-order valence-corrected chi connectivity index (χ1v) is 13.7. The quantitative estimate of drug-likeness (QED) is 0.300. The molecule has 0 aliphatic carbocycles. The monoisotopic (exact) mass is 533 g/mol. The lowest BCUT2D eigenvalue weighted by molar-refractivity contribution is -0.144. The van der Waals surface area contributed by atoms with Crippen molar-refractivity contribution in [1.29, 1.82) is 0 Å². The Kier molecular flexibility index (Phi) is 7.72. The number of para-hydroxylation sites is 1. The molecule has 2 aromatic rings. The maximum atomic E-state index is 14.5. The molecule has 3 aliphatic rings. The summed E-state index contributed by atoms with van der Waals surface area (Å²) >= 11 is 0. The molecule has 2 saturated heterocycles. The smallest absolute Gasteiger partial charge is 0.296 e. The Labute approximate surface area is 228 Å². The van der Waals surface area contributed by atoms with Gasteiger partial charge in [0.25, 0.3) is 17.6 Å². The van der Waals surface area contributed by atoms with Crippen LogP contribution in [-0.4, -0.2) is 85.0 Å². The zero-order valence-corrected chi connectivity index (χ0v) is 22.5. The van der Waals surface area contributed by atoms with Gasteiger partial charge < -0.3 is 24.4 Å². The number of amides is 2. The number of Topliss-reactive ketones (excluding diaryl/α,β-unsaturated/α-hetero) is 1. The van der Waals surface area contributed by atoms with Gasteiger partial charge in [-0.1, -0.05) is 31.5 Å². The maximum absolute atomic E-state index is 14.5. The fourth-order valence-corrected chi connectivity index (χ4v) is 5.79. The summed E-state index contributed by atoms with van der Waals surface area (Å²) in [7, 11) is 0. The fraction of sp³-hybridized carbons (Fsp3) is 0.433. The van der Waals surface area contributed by atoms with Crippen LogP contribution >= 0.6 is 0 Å². The van der Waals surface area contributed by atoms with Gasteiger partial charge in [-0.05, 0) is 43.7 Å². The number of carbonyl (C=O) groups is 3. The van der Waals surface area contributed by atoms with Crippen molar-refractivity contribution in [2.75, 3.05) is 57.4 Å². The third kappa shape index (κ3) is 4.49. The van der Waals surface area contributed by atoms with Crippen molar-refractivity contribution in [3.63, 3.8) is 0 Å². The first kappa shape index (κ1) is 26.9. The largest absolute Gasteiger partial charge is 0.507 e. The standard InChI is InChI=1S/C30H35N3O6/c1-3-5-14-32-24-9-7-6-8-23(24)30(29(32)37)25(26(34)21-10-12-22(13-11-21)39-4-2)27(35)28(36)33(30)16-15-31-17-19-38-20-18-31/h6-13,34H,3-5,14-20H2,1-2H3/b26-25+. The van der Waals surface area contributed by atoms with Crippen LogP contribution in [0.4, 0.5) is 5.69 Å². The van der Waals surface area contributed by atoms with E-state index in [-0.39, 0.29) is 23.8 Å². The Morgan fingerprint density at radius 2 is 1.69 bits per heavy atom. The molecule has 0 aromatic heterocycles. The number of rotatable bonds is 9. The van der Waals surface area contributed by atoms with Gasteiger partial charge >= 0.3 is 0 Å². The Bertz CT molecular complexity index is 1280. The number of morpholine rings is 1. The second kappa shape index (κ2) is 11.2. The van der Waals surface area contributed by atoms with Gasteiger partial charge in [0, 0.05) is 43.9 Å². The summed E-state index contributed by atoms with van der Waals surface area (Å²) in [6.45, 7) is 8.08. The SMILES string of the molecule is CCCCN1C(=O)C2(/C(=C(/O)c3ccc(OCC)cc3)C(=O)C(=O)N2CCN2CCOCC2)c2ccccc21. The van der Waals surface area contributed by atoms with Crippen LogP contribution in [0.25, 0.3) is 5.76 Å². The molecule has 9 nitrogen and oxygen atoms in total. The lowest BCUT2D eigenvalue weighted by Crippen LogP contribution is -2.54. The van der Waals surface area contributed by atoms with Crippen molar-refractivity contribution < 1.29 is 29.0 Å². The van der Waals surface area contributed by atoms with Crippen molar-refractivity contribution in [2.24, 2.45) is 0 Å². The lowest BCUT2D eigenvalue weighted by Gasteiger charge is -2.36. The lowest BCUT2D eigenvalue weighted by atomic mass is 9.82. The number of hydrogen-bond donors (Lipinski definition) is 1. The Balaban J connectivity index is 1.67. The molecular formula is C30H35N3O6. The Hall–Kier alpha value is -3.69. The van der Waals surface area contributed by atoms with Crippen molar-refractivity contribution in [3.8, 4) is 5.75 Å². The predicted octanol–water partition coefficient (Wildman–Crippen LogP) is 3.14. The van der Waals surface area contributed by atoms with Crippen LogP contribution < -0.4 is 9.64 Å². The van der Waals surface area contributed by atoms with Crippen LogP contribution in [0.3, 0.4) is 0 Å². The summed E-state index contributed by atoms with van der Waals surface area (Å²) in [5.74, 6) is -1.78. The van der Waals surface area contributed by atoms with E-state index in [1.54, 1.807) is 41.3 Å². The van der Waals surface area contributed by atoms with Crippen molar-refractivity contribution in [1.82, 2.24) is 9.80 Å². The van der Waals surface area contributed by atoms with E-state index in [1.807, 2.05) is 26.0 Å². The molecule has 0 bridgehead atoms. The minimum atomic E-state index is -1.74. The minimum absolute atomic E-state index is 0.159. The van der Waals surface area contributed by atoms with E-state index in [1.165, 1.54) is 4.90 Å². The first-order valence-electron chi connectivity index (χ1n) is 13.7. The second-order valence-corrected chi connectivity index (χ2v) is 9.96. The molecule has 1 N–H and O–H groups in total. The van der Waals surface area contributed by atoms with E-state index >= 15 is 0 Å². The highest BCUT2D eigenvalue weighted by molar-refractivity contribution is 6.50. The van der Waals surface area contributed by atoms with Crippen LogP contribution in [0, 0.1) is 0 Å². The number of anilines is 1. The molecule has 3 heterocycles. The van der Waals surface area contributed by atoms with E-state index in [4.69, 9.17) is 9.47 Å². The molecule has 39 heavy (non-hydrogen) atoms. The van der Waals surface area contributed by atoms with Gasteiger partial charge in [-0.3, -0.25) is 19.3 Å². The number of unbranched alkanes of at least 4 members (excludes halogenated alkanes) is 1. The number of ether oxygens (including phenoxy) is 2. The molecular weight excluding hydrogens is 498 g/mol. The predicted molar refractivity (Wildman–Crippen MR) is 147 cm³/mol. The van der Waals surface area contributed by atoms with Crippen molar-refractivity contribution in [3.05, 3.63) is 65.2 Å². The molecule has 3 aliphatic heterocycles. The average Bonchev–Trinajstić information content (AvgIpc) is 3.34. The summed E-state index contributed by atoms with van der Waals surface area (Å²) in [6, 6.07) is 13.9. The van der Waals surface area contributed by atoms with Gasteiger partial charge in [0.15, 0.2) is 5.54 Å². The highest BCUT2D eigenvalue weighted by Crippen LogP contribution is 2.53. The van der Waals surface area contributed by atoms with E-state index < -0.39 is 17.2 Å². The van der Waals surface area contributed by atoms with Crippen LogP contribution in [0.2, 0.25) is 0 Å². The minimum Gasteiger partial charge on any atom is -0.507 e. The van der Waals surface area contributed by atoms with Crippen LogP contribution in [-0.2, 0) is 24.7 Å². The molecule has 9 heteroatoms. The maximum Gasteiger partial charge on any atom is 0.296 e. The van der Waals surface area contributed by atoms with Crippen LogP contribution in [0.1, 0.15) is 37.8 Å². The molecule has 1 spiro atoms. The number of aliphatic hydroxyl groups excluding tert-OH is 1. The number of nitrogens with zero attached hydrogens (tertiary/aromatic N) is 3. The number of carbonyl (C=O) groups excluding carboxylic acids is 3. The number of ketones is 1. The number of likely N-dealkylation sites (tertiary alicyclic amines) is 1.